The van der Waals surface area contributed by atoms with E-state index < -0.39 is 17.9 Å². The summed E-state index contributed by atoms with van der Waals surface area (Å²) in [5.74, 6) is -1.47. The third kappa shape index (κ3) is 3.50. The average molecular weight is 484 g/mol. The van der Waals surface area contributed by atoms with Crippen molar-refractivity contribution in [1.29, 1.82) is 0 Å². The number of hydrogen-bond donors (Lipinski definition) is 3. The van der Waals surface area contributed by atoms with E-state index in [1.54, 1.807) is 30.5 Å². The quantitative estimate of drug-likeness (QED) is 0.371. The van der Waals surface area contributed by atoms with Gasteiger partial charge in [0.1, 0.15) is 6.04 Å². The number of aromatic nitrogens is 5. The molecular formula is C24H20N8O4. The number of carbonyl (C=O) groups excluding carboxylic acids is 4. The van der Waals surface area contributed by atoms with Gasteiger partial charge >= 0.3 is 0 Å². The summed E-state index contributed by atoms with van der Waals surface area (Å²) in [7, 11) is 0. The molecule has 4 heterocycles. The minimum atomic E-state index is -0.684. The van der Waals surface area contributed by atoms with Gasteiger partial charge in [0.15, 0.2) is 5.69 Å². The van der Waals surface area contributed by atoms with Crippen LogP contribution in [0.1, 0.15) is 44.8 Å². The lowest BCUT2D eigenvalue weighted by molar-refractivity contribution is -0.136. The van der Waals surface area contributed by atoms with Crippen LogP contribution in [-0.2, 0) is 16.1 Å². The number of hydrogen-bond acceptors (Lipinski definition) is 7. The number of aryl methyl sites for hydroxylation is 1. The Bertz CT molecular complexity index is 1590. The van der Waals surface area contributed by atoms with Crippen molar-refractivity contribution in [2.24, 2.45) is 0 Å². The largest absolute Gasteiger partial charge is 0.322 e. The van der Waals surface area contributed by atoms with Gasteiger partial charge in [-0.15, -0.1) is 5.10 Å². The number of H-pyrrole nitrogens is 1. The van der Waals surface area contributed by atoms with Crippen LogP contribution in [0.5, 0.6) is 0 Å². The van der Waals surface area contributed by atoms with Gasteiger partial charge in [-0.25, -0.2) is 4.68 Å². The number of nitrogens with one attached hydrogen (secondary N) is 3. The predicted octanol–water partition coefficient (Wildman–Crippen LogP) is 1.47. The zero-order valence-electron chi connectivity index (χ0n) is 19.1. The van der Waals surface area contributed by atoms with E-state index in [0.29, 0.717) is 23.4 Å². The Balaban J connectivity index is 1.21. The molecule has 0 aliphatic carbocycles. The van der Waals surface area contributed by atoms with Gasteiger partial charge < -0.3 is 10.2 Å². The first-order valence-electron chi connectivity index (χ1n) is 11.3. The topological polar surface area (TPSA) is 155 Å². The summed E-state index contributed by atoms with van der Waals surface area (Å²) in [4.78, 5) is 50.9. The molecule has 36 heavy (non-hydrogen) atoms. The smallest absolute Gasteiger partial charge is 0.277 e. The Morgan fingerprint density at radius 1 is 1.17 bits per heavy atom. The van der Waals surface area contributed by atoms with Gasteiger partial charge in [0.2, 0.25) is 11.8 Å². The number of benzene rings is 2. The third-order valence-electron chi connectivity index (χ3n) is 6.58. The molecule has 3 N–H and O–H groups in total. The standard InChI is InChI=1S/C24H20N8O4/c1-12-2-5-17(21-16(12)9-25-29-21)26-22(34)18-11-32(30-28-18)14-3-4-15-13(8-14)10-31(24(15)36)19-6-7-20(33)27-23(19)35/h2-5,8-9,11,19H,6-7,10H2,1H3,(H,25,29)(H,26,34)(H,27,33,35). The molecule has 0 bridgehead atoms. The van der Waals surface area contributed by atoms with Crippen molar-refractivity contribution in [1.82, 2.24) is 35.4 Å². The van der Waals surface area contributed by atoms with E-state index in [1.165, 1.54) is 15.8 Å². The molecule has 6 rings (SSSR count). The highest BCUT2D eigenvalue weighted by Crippen LogP contribution is 2.29. The summed E-state index contributed by atoms with van der Waals surface area (Å²) in [6.07, 6.45) is 3.70. The number of aromatic amines is 1. The number of piperidine rings is 1. The summed E-state index contributed by atoms with van der Waals surface area (Å²) >= 11 is 0. The van der Waals surface area contributed by atoms with E-state index in [4.69, 9.17) is 0 Å². The van der Waals surface area contributed by atoms with Gasteiger partial charge in [-0.05, 0) is 48.7 Å². The molecule has 1 atom stereocenters. The molecule has 0 spiro atoms. The third-order valence-corrected chi connectivity index (χ3v) is 6.58. The molecule has 1 fully saturated rings. The molecule has 1 saturated heterocycles. The molecule has 2 aliphatic rings. The fourth-order valence-electron chi connectivity index (χ4n) is 4.66. The molecule has 4 aromatic rings. The van der Waals surface area contributed by atoms with Gasteiger partial charge in [-0.1, -0.05) is 11.3 Å². The zero-order chi connectivity index (χ0) is 25.0. The first-order chi connectivity index (χ1) is 17.4. The average Bonchev–Trinajstić information content (AvgIpc) is 3.60. The first-order valence-corrected chi connectivity index (χ1v) is 11.3. The molecule has 12 heteroatoms. The Labute approximate surface area is 203 Å². The van der Waals surface area contributed by atoms with Crippen LogP contribution in [0.15, 0.2) is 42.7 Å². The van der Waals surface area contributed by atoms with Crippen LogP contribution in [0.4, 0.5) is 5.69 Å². The number of rotatable bonds is 4. The van der Waals surface area contributed by atoms with Crippen molar-refractivity contribution < 1.29 is 19.2 Å². The summed E-state index contributed by atoms with van der Waals surface area (Å²) < 4.78 is 1.45. The Hall–Kier alpha value is -4.87. The normalized spacial score (nSPS) is 17.4. The maximum atomic E-state index is 12.9. The van der Waals surface area contributed by atoms with Crippen molar-refractivity contribution in [3.05, 3.63) is 65.1 Å². The molecule has 4 amide bonds. The van der Waals surface area contributed by atoms with Gasteiger partial charge in [0.25, 0.3) is 11.8 Å². The van der Waals surface area contributed by atoms with Crippen molar-refractivity contribution in [3.8, 4) is 5.69 Å². The lowest BCUT2D eigenvalue weighted by atomic mass is 10.0. The van der Waals surface area contributed by atoms with Gasteiger partial charge in [0, 0.05) is 23.9 Å². The Morgan fingerprint density at radius 2 is 2.03 bits per heavy atom. The molecule has 0 radical (unpaired) electrons. The van der Waals surface area contributed by atoms with Crippen LogP contribution in [-0.4, -0.2) is 59.8 Å². The van der Waals surface area contributed by atoms with Crippen LogP contribution >= 0.6 is 0 Å². The van der Waals surface area contributed by atoms with E-state index in [-0.39, 0.29) is 30.5 Å². The van der Waals surface area contributed by atoms with Gasteiger partial charge in [0.05, 0.1) is 29.3 Å². The summed E-state index contributed by atoms with van der Waals surface area (Å²) in [5.41, 5.74) is 4.29. The van der Waals surface area contributed by atoms with Crippen LogP contribution in [0.2, 0.25) is 0 Å². The highest BCUT2D eigenvalue weighted by Gasteiger charge is 2.39. The second-order valence-corrected chi connectivity index (χ2v) is 8.83. The van der Waals surface area contributed by atoms with Crippen LogP contribution < -0.4 is 10.6 Å². The molecule has 12 nitrogen and oxygen atoms in total. The lowest BCUT2D eigenvalue weighted by Gasteiger charge is -2.29. The van der Waals surface area contributed by atoms with Gasteiger partial charge in [-0.2, -0.15) is 5.10 Å². The van der Waals surface area contributed by atoms with E-state index in [9.17, 15) is 19.2 Å². The van der Waals surface area contributed by atoms with Crippen molar-refractivity contribution in [2.75, 3.05) is 5.32 Å². The van der Waals surface area contributed by atoms with Crippen LogP contribution in [0.3, 0.4) is 0 Å². The summed E-state index contributed by atoms with van der Waals surface area (Å²) in [6, 6.07) is 8.16. The lowest BCUT2D eigenvalue weighted by Crippen LogP contribution is -2.52. The maximum absolute atomic E-state index is 12.9. The maximum Gasteiger partial charge on any atom is 0.277 e. The second-order valence-electron chi connectivity index (χ2n) is 8.83. The number of anilines is 1. The molecule has 2 aliphatic heterocycles. The monoisotopic (exact) mass is 484 g/mol. The van der Waals surface area contributed by atoms with E-state index >= 15 is 0 Å². The second kappa shape index (κ2) is 8.12. The van der Waals surface area contributed by atoms with Crippen molar-refractivity contribution >= 4 is 40.2 Å². The Morgan fingerprint density at radius 3 is 2.86 bits per heavy atom. The highest BCUT2D eigenvalue weighted by atomic mass is 16.2. The van der Waals surface area contributed by atoms with Crippen LogP contribution in [0, 0.1) is 6.92 Å². The van der Waals surface area contributed by atoms with Crippen molar-refractivity contribution in [2.45, 2.75) is 32.4 Å². The molecular weight excluding hydrogens is 464 g/mol. The van der Waals surface area contributed by atoms with E-state index in [1.807, 2.05) is 13.0 Å². The molecule has 2 aromatic heterocycles. The number of nitrogens with zero attached hydrogens (tertiary/aromatic N) is 5. The summed E-state index contributed by atoms with van der Waals surface area (Å²) in [5, 5.41) is 21.1. The zero-order valence-corrected chi connectivity index (χ0v) is 19.1. The molecule has 1 unspecified atom stereocenters. The van der Waals surface area contributed by atoms with E-state index in [2.05, 4.69) is 31.1 Å². The fraction of sp³-hybridized carbons (Fsp3) is 0.208. The number of carbonyl (C=O) groups is 4. The number of amides is 4. The van der Waals surface area contributed by atoms with Crippen LogP contribution in [0.25, 0.3) is 16.6 Å². The highest BCUT2D eigenvalue weighted by molar-refractivity contribution is 6.08. The minimum Gasteiger partial charge on any atom is -0.322 e. The Kier molecular flexibility index (Phi) is 4.88. The minimum absolute atomic E-state index is 0.116. The van der Waals surface area contributed by atoms with E-state index in [0.717, 1.165) is 22.0 Å². The number of imide groups is 1. The molecule has 180 valence electrons. The van der Waals surface area contributed by atoms with Gasteiger partial charge in [-0.3, -0.25) is 29.6 Å². The first kappa shape index (κ1) is 21.6. The number of fused-ring (bicyclic) bond motifs is 2. The molecule has 2 aromatic carbocycles. The SMILES string of the molecule is Cc1ccc(NC(=O)c2cn(-c3ccc4c(c3)CN(C3CCC(=O)NC3=O)C4=O)nn2)c2[nH]ncc12. The van der Waals surface area contributed by atoms with Crippen molar-refractivity contribution in [3.63, 3.8) is 0 Å². The summed E-state index contributed by atoms with van der Waals surface area (Å²) in [6.45, 7) is 2.20. The predicted molar refractivity (Wildman–Crippen MR) is 126 cm³/mol. The molecule has 0 saturated carbocycles. The fourth-order valence-corrected chi connectivity index (χ4v) is 4.66.